The molecule has 1 aliphatic rings. The summed E-state index contributed by atoms with van der Waals surface area (Å²) in [7, 11) is 0. The molecule has 0 fully saturated rings. The van der Waals surface area contributed by atoms with E-state index in [1.54, 1.807) is 6.20 Å². The number of esters is 1. The van der Waals surface area contributed by atoms with Crippen LogP contribution in [-0.2, 0) is 29.2 Å². The number of carbonyl (C=O) groups excluding carboxylic acids is 1. The minimum Gasteiger partial charge on any atom is -0.470 e. The van der Waals surface area contributed by atoms with E-state index in [-0.39, 0.29) is 24.1 Å². The van der Waals surface area contributed by atoms with E-state index in [0.29, 0.717) is 18.7 Å². The van der Waals surface area contributed by atoms with Crippen molar-refractivity contribution in [2.75, 3.05) is 13.1 Å². The number of nitrogens with zero attached hydrogens (tertiary/aromatic N) is 2. The number of pyridine rings is 1. The minimum atomic E-state index is -0.775. The van der Waals surface area contributed by atoms with Gasteiger partial charge in [-0.15, -0.1) is 0 Å². The molecule has 0 bridgehead atoms. The van der Waals surface area contributed by atoms with Crippen LogP contribution in [0.15, 0.2) is 78.8 Å². The number of rotatable bonds is 12. The maximum atomic E-state index is 13.7. The molecule has 2 aromatic carbocycles. The van der Waals surface area contributed by atoms with Crippen molar-refractivity contribution in [3.05, 3.63) is 107 Å². The Morgan fingerprint density at radius 3 is 2.70 bits per heavy atom. The molecule has 0 saturated heterocycles. The van der Waals surface area contributed by atoms with Gasteiger partial charge in [-0.1, -0.05) is 54.6 Å². The van der Waals surface area contributed by atoms with Crippen molar-refractivity contribution in [1.29, 1.82) is 0 Å². The predicted octanol–water partition coefficient (Wildman–Crippen LogP) is 6.61. The van der Waals surface area contributed by atoms with Crippen molar-refractivity contribution < 1.29 is 14.3 Å². The maximum Gasteiger partial charge on any atom is 0.312 e. The average molecular weight is 585 g/mol. The lowest BCUT2D eigenvalue weighted by Gasteiger charge is -2.34. The van der Waals surface area contributed by atoms with Crippen LogP contribution in [0.4, 0.5) is 0 Å². The molecule has 0 aliphatic carbocycles. The molecule has 7 heteroatoms. The van der Waals surface area contributed by atoms with Crippen LogP contribution in [0.5, 0.6) is 5.88 Å². The Morgan fingerprint density at radius 1 is 1.19 bits per heavy atom. The summed E-state index contributed by atoms with van der Waals surface area (Å²) >= 11 is 0. The zero-order chi connectivity index (χ0) is 31.0. The Labute approximate surface area is 257 Å². The molecule has 0 spiro atoms. The Balaban J connectivity index is 1.61. The van der Waals surface area contributed by atoms with Gasteiger partial charge in [0.2, 0.25) is 5.88 Å². The van der Waals surface area contributed by atoms with E-state index in [0.717, 1.165) is 48.6 Å². The first kappa shape index (κ1) is 32.1. The minimum absolute atomic E-state index is 0.0995. The standard InChI is InChI=1S/C36H48N4O3/c1-7-38-21-31(37)17-18-32(36(5,6)34(41)42-24-27-12-9-8-10-13-27)28-16-15-26(2)30(20-28)23-40-22-29-14-11-19-39-33(29)43-35(3,4)25-40/h8-16,19-21,32,38H,7,17-18,22-25,37H2,1-6H3/b31-21-. The van der Waals surface area contributed by atoms with E-state index in [4.69, 9.17) is 15.2 Å². The SMILES string of the molecule is CCN/C=C(\N)CCC(c1ccc(C)c(CN2Cc3cccnc3OC(C)(C)C2)c1)C(C)(C)C(=O)OCc1ccccc1. The molecule has 1 atom stereocenters. The van der Waals surface area contributed by atoms with Gasteiger partial charge >= 0.3 is 5.97 Å². The summed E-state index contributed by atoms with van der Waals surface area (Å²) in [5.41, 5.74) is 11.6. The summed E-state index contributed by atoms with van der Waals surface area (Å²) < 4.78 is 12.2. The zero-order valence-electron chi connectivity index (χ0n) is 26.7. The van der Waals surface area contributed by atoms with Gasteiger partial charge < -0.3 is 20.5 Å². The topological polar surface area (TPSA) is 89.7 Å². The number of hydrogen-bond donors (Lipinski definition) is 2. The zero-order valence-corrected chi connectivity index (χ0v) is 26.7. The van der Waals surface area contributed by atoms with Crippen LogP contribution in [0.1, 0.15) is 81.2 Å². The van der Waals surface area contributed by atoms with Gasteiger partial charge in [-0.3, -0.25) is 9.69 Å². The number of aryl methyl sites for hydroxylation is 1. The second kappa shape index (κ2) is 14.1. The smallest absolute Gasteiger partial charge is 0.312 e. The van der Waals surface area contributed by atoms with E-state index in [2.05, 4.69) is 60.2 Å². The van der Waals surface area contributed by atoms with Gasteiger partial charge in [0.05, 0.1) is 5.41 Å². The summed E-state index contributed by atoms with van der Waals surface area (Å²) in [6.45, 7) is 15.7. The van der Waals surface area contributed by atoms with Gasteiger partial charge in [0.15, 0.2) is 0 Å². The normalized spacial score (nSPS) is 16.0. The Bertz CT molecular complexity index is 1400. The molecule has 1 aliphatic heterocycles. The molecule has 7 nitrogen and oxygen atoms in total. The summed E-state index contributed by atoms with van der Waals surface area (Å²) in [6, 6.07) is 20.5. The van der Waals surface area contributed by atoms with Crippen molar-refractivity contribution in [3.8, 4) is 5.88 Å². The van der Waals surface area contributed by atoms with Gasteiger partial charge in [-0.25, -0.2) is 4.98 Å². The fourth-order valence-electron chi connectivity index (χ4n) is 5.81. The number of fused-ring (bicyclic) bond motifs is 1. The van der Waals surface area contributed by atoms with Crippen molar-refractivity contribution in [3.63, 3.8) is 0 Å². The highest BCUT2D eigenvalue weighted by Gasteiger charge is 2.39. The summed E-state index contributed by atoms with van der Waals surface area (Å²) in [5.74, 6) is 0.394. The van der Waals surface area contributed by atoms with Crippen LogP contribution in [0.2, 0.25) is 0 Å². The molecule has 3 aromatic rings. The highest BCUT2D eigenvalue weighted by Crippen LogP contribution is 2.41. The Hall–Kier alpha value is -3.84. The second-order valence-electron chi connectivity index (χ2n) is 12.8. The number of allylic oxidation sites excluding steroid dienone is 1. The first-order valence-electron chi connectivity index (χ1n) is 15.3. The third-order valence-corrected chi connectivity index (χ3v) is 8.21. The molecule has 3 N–H and O–H groups in total. The molecule has 0 saturated carbocycles. The molecule has 43 heavy (non-hydrogen) atoms. The third-order valence-electron chi connectivity index (χ3n) is 8.21. The van der Waals surface area contributed by atoms with E-state index < -0.39 is 5.41 Å². The lowest BCUT2D eigenvalue weighted by Crippen LogP contribution is -2.40. The highest BCUT2D eigenvalue weighted by atomic mass is 16.5. The number of nitrogens with one attached hydrogen (secondary N) is 1. The van der Waals surface area contributed by atoms with E-state index in [1.807, 2.05) is 63.4 Å². The maximum absolute atomic E-state index is 13.7. The largest absolute Gasteiger partial charge is 0.470 e. The lowest BCUT2D eigenvalue weighted by atomic mass is 9.72. The van der Waals surface area contributed by atoms with E-state index >= 15 is 0 Å². The van der Waals surface area contributed by atoms with Crippen LogP contribution in [0, 0.1) is 12.3 Å². The number of hydrogen-bond acceptors (Lipinski definition) is 7. The predicted molar refractivity (Wildman–Crippen MR) is 172 cm³/mol. The molecule has 1 aromatic heterocycles. The van der Waals surface area contributed by atoms with Gasteiger partial charge in [-0.05, 0) is 88.6 Å². The molecular weight excluding hydrogens is 536 g/mol. The molecule has 230 valence electrons. The van der Waals surface area contributed by atoms with Crippen LogP contribution >= 0.6 is 0 Å². The van der Waals surface area contributed by atoms with Crippen LogP contribution in [0.25, 0.3) is 0 Å². The van der Waals surface area contributed by atoms with Gasteiger partial charge in [0.25, 0.3) is 0 Å². The van der Waals surface area contributed by atoms with Crippen LogP contribution < -0.4 is 15.8 Å². The fourth-order valence-corrected chi connectivity index (χ4v) is 5.81. The van der Waals surface area contributed by atoms with Crippen molar-refractivity contribution >= 4 is 5.97 Å². The van der Waals surface area contributed by atoms with Crippen molar-refractivity contribution in [2.45, 2.75) is 85.6 Å². The average Bonchev–Trinajstić information content (AvgIpc) is 3.10. The van der Waals surface area contributed by atoms with Crippen LogP contribution in [-0.4, -0.2) is 34.5 Å². The van der Waals surface area contributed by atoms with Crippen molar-refractivity contribution in [1.82, 2.24) is 15.2 Å². The molecule has 2 heterocycles. The van der Waals surface area contributed by atoms with Gasteiger partial charge in [-0.2, -0.15) is 0 Å². The monoisotopic (exact) mass is 584 g/mol. The number of nitrogens with two attached hydrogens (primary N) is 1. The Morgan fingerprint density at radius 2 is 1.95 bits per heavy atom. The summed E-state index contributed by atoms with van der Waals surface area (Å²) in [5, 5.41) is 3.19. The molecular formula is C36H48N4O3. The van der Waals surface area contributed by atoms with E-state index in [9.17, 15) is 4.79 Å². The first-order valence-corrected chi connectivity index (χ1v) is 15.3. The fraction of sp³-hybridized carbons (Fsp3) is 0.444. The molecule has 4 rings (SSSR count). The molecule has 0 radical (unpaired) electrons. The van der Waals surface area contributed by atoms with Gasteiger partial charge in [0, 0.05) is 49.8 Å². The number of benzene rings is 2. The van der Waals surface area contributed by atoms with Crippen molar-refractivity contribution in [2.24, 2.45) is 11.1 Å². The lowest BCUT2D eigenvalue weighted by molar-refractivity contribution is -0.156. The third kappa shape index (κ3) is 8.60. The van der Waals surface area contributed by atoms with Crippen LogP contribution in [0.3, 0.4) is 0 Å². The highest BCUT2D eigenvalue weighted by molar-refractivity contribution is 5.77. The quantitative estimate of drug-likeness (QED) is 0.232. The van der Waals surface area contributed by atoms with Gasteiger partial charge in [0.1, 0.15) is 12.2 Å². The Kier molecular flexibility index (Phi) is 10.5. The first-order chi connectivity index (χ1) is 20.5. The number of ether oxygens (including phenoxy) is 2. The van der Waals surface area contributed by atoms with E-state index in [1.165, 1.54) is 11.1 Å². The molecule has 0 amide bonds. The molecule has 1 unspecified atom stereocenters. The summed E-state index contributed by atoms with van der Waals surface area (Å²) in [6.07, 6.45) is 5.03. The number of aromatic nitrogens is 1. The second-order valence-corrected chi connectivity index (χ2v) is 12.8. The summed E-state index contributed by atoms with van der Waals surface area (Å²) in [4.78, 5) is 20.6. The number of carbonyl (C=O) groups is 1.